The first kappa shape index (κ1) is 58.0. The first-order valence-corrected chi connectivity index (χ1v) is 19.2. The summed E-state index contributed by atoms with van der Waals surface area (Å²) < 4.78 is 0. The number of hydrogen-bond donors (Lipinski definition) is 16. The van der Waals surface area contributed by atoms with Gasteiger partial charge in [-0.2, -0.15) is 0 Å². The van der Waals surface area contributed by atoms with E-state index in [1.807, 2.05) is 37.2 Å². The van der Waals surface area contributed by atoms with E-state index in [1.165, 1.54) is 0 Å². The molecule has 31 nitrogen and oxygen atoms in total. The van der Waals surface area contributed by atoms with Crippen LogP contribution in [0.4, 0.5) is 0 Å². The number of carboxylic acid groups (broad SMARTS) is 7. The highest BCUT2D eigenvalue weighted by Crippen LogP contribution is 2.08. The summed E-state index contributed by atoms with van der Waals surface area (Å²) in [6.45, 7) is 0.970. The van der Waals surface area contributed by atoms with Crippen molar-refractivity contribution in [1.82, 2.24) is 37.2 Å². The molecule has 0 aromatic carbocycles. The Morgan fingerprint density at radius 1 is 0.364 bits per heavy atom. The van der Waals surface area contributed by atoms with Crippen molar-refractivity contribution >= 4 is 89.0 Å². The summed E-state index contributed by atoms with van der Waals surface area (Å²) >= 11 is 0. The van der Waals surface area contributed by atoms with Gasteiger partial charge in [0.05, 0.1) is 25.3 Å². The number of carboxylic acids is 7. The van der Waals surface area contributed by atoms with Crippen LogP contribution in [0.2, 0.25) is 0 Å². The summed E-state index contributed by atoms with van der Waals surface area (Å²) in [7, 11) is 0. The molecule has 31 heteroatoms. The van der Waals surface area contributed by atoms with Crippen molar-refractivity contribution in [2.24, 2.45) is 11.5 Å². The first-order chi connectivity index (χ1) is 30.5. The molecular formula is C35H51N9O22. The van der Waals surface area contributed by atoms with Crippen LogP contribution in [0.1, 0.15) is 77.6 Å². The van der Waals surface area contributed by atoms with Gasteiger partial charge < -0.3 is 84.4 Å². The summed E-state index contributed by atoms with van der Waals surface area (Å²) in [4.78, 5) is 183. The van der Waals surface area contributed by atoms with Gasteiger partial charge in [-0.05, 0) is 32.6 Å². The van der Waals surface area contributed by atoms with Crippen molar-refractivity contribution in [1.29, 1.82) is 0 Å². The van der Waals surface area contributed by atoms with Gasteiger partial charge in [0.2, 0.25) is 47.3 Å². The van der Waals surface area contributed by atoms with Crippen LogP contribution < -0.4 is 48.7 Å². The Morgan fingerprint density at radius 3 is 1.02 bits per heavy atom. The van der Waals surface area contributed by atoms with Gasteiger partial charge >= 0.3 is 41.8 Å². The molecule has 0 saturated heterocycles. The fourth-order valence-corrected chi connectivity index (χ4v) is 5.22. The second-order valence-corrected chi connectivity index (χ2v) is 14.1. The number of nitrogens with one attached hydrogen (secondary N) is 7. The maximum atomic E-state index is 13.5. The van der Waals surface area contributed by atoms with Crippen LogP contribution in [0.3, 0.4) is 0 Å². The quantitative estimate of drug-likeness (QED) is 0.0291. The molecule has 8 amide bonds. The van der Waals surface area contributed by atoms with Crippen molar-refractivity contribution in [3.63, 3.8) is 0 Å². The minimum Gasteiger partial charge on any atom is -0.481 e. The van der Waals surface area contributed by atoms with Gasteiger partial charge in [0.15, 0.2) is 0 Å². The molecule has 0 aromatic heterocycles. The largest absolute Gasteiger partial charge is 0.481 e. The number of carbonyl (C=O) groups excluding carboxylic acids is 8. The summed E-state index contributed by atoms with van der Waals surface area (Å²) in [5, 5.41) is 78.3. The zero-order valence-electron chi connectivity index (χ0n) is 34.8. The third kappa shape index (κ3) is 24.0. The van der Waals surface area contributed by atoms with Crippen LogP contribution in [0.5, 0.6) is 0 Å². The molecule has 0 heterocycles. The van der Waals surface area contributed by atoms with Crippen molar-refractivity contribution in [2.75, 3.05) is 0 Å². The molecule has 0 unspecified atom stereocenters. The van der Waals surface area contributed by atoms with E-state index in [1.54, 1.807) is 0 Å². The van der Waals surface area contributed by atoms with Gasteiger partial charge in [-0.25, -0.2) is 4.79 Å². The monoisotopic (exact) mass is 949 g/mol. The lowest BCUT2D eigenvalue weighted by atomic mass is 10.1. The molecule has 0 bridgehead atoms. The summed E-state index contributed by atoms with van der Waals surface area (Å²) in [6, 6.07) is -15.3. The van der Waals surface area contributed by atoms with E-state index in [4.69, 9.17) is 26.8 Å². The van der Waals surface area contributed by atoms with E-state index in [2.05, 4.69) is 0 Å². The third-order valence-corrected chi connectivity index (χ3v) is 8.65. The van der Waals surface area contributed by atoms with Crippen molar-refractivity contribution in [3.05, 3.63) is 0 Å². The molecule has 0 fully saturated rings. The molecule has 0 radical (unpaired) electrons. The first-order valence-electron chi connectivity index (χ1n) is 19.2. The SMILES string of the molecule is C[C@H](NC(=O)[C@H](CC(=O)O)NC(=O)[C@@H](N)CCC(=O)O)C(=O)N[C@H](CC(=O)O)C(=O)N[C@@H](CCC(N)=O)C(=O)N[C@H](CC(=O)O)C(=O)N[C@@H](CCC(=O)O)C(=O)N[C@H](CCC(=O)O)C(=O)O. The Balaban J connectivity index is 6.41. The Kier molecular flexibility index (Phi) is 25.2. The van der Waals surface area contributed by atoms with Crippen LogP contribution in [-0.4, -0.2) is 173 Å². The lowest BCUT2D eigenvalue weighted by Gasteiger charge is -2.26. The lowest BCUT2D eigenvalue weighted by molar-refractivity contribution is -0.145. The van der Waals surface area contributed by atoms with Gasteiger partial charge in [-0.1, -0.05) is 0 Å². The number of rotatable bonds is 33. The van der Waals surface area contributed by atoms with E-state index in [9.17, 15) is 92.3 Å². The molecule has 66 heavy (non-hydrogen) atoms. The van der Waals surface area contributed by atoms with E-state index in [0.717, 1.165) is 6.92 Å². The highest BCUT2D eigenvalue weighted by molar-refractivity contribution is 5.99. The second kappa shape index (κ2) is 28.6. The van der Waals surface area contributed by atoms with E-state index in [-0.39, 0.29) is 0 Å². The zero-order valence-corrected chi connectivity index (χ0v) is 34.8. The number of amides is 8. The number of aliphatic carboxylic acids is 7. The highest BCUT2D eigenvalue weighted by atomic mass is 16.4. The third-order valence-electron chi connectivity index (χ3n) is 8.65. The van der Waals surface area contributed by atoms with Crippen LogP contribution in [0.15, 0.2) is 0 Å². The van der Waals surface area contributed by atoms with Crippen LogP contribution in [0, 0.1) is 0 Å². The smallest absolute Gasteiger partial charge is 0.326 e. The van der Waals surface area contributed by atoms with Crippen LogP contribution in [-0.2, 0) is 71.9 Å². The predicted molar refractivity (Wildman–Crippen MR) is 211 cm³/mol. The second-order valence-electron chi connectivity index (χ2n) is 14.1. The predicted octanol–water partition coefficient (Wildman–Crippen LogP) is -6.90. The molecule has 0 spiro atoms. The fraction of sp³-hybridized carbons (Fsp3) is 0.571. The van der Waals surface area contributed by atoms with Crippen molar-refractivity contribution in [2.45, 2.75) is 126 Å². The van der Waals surface area contributed by atoms with Crippen molar-refractivity contribution in [3.8, 4) is 0 Å². The molecule has 0 rings (SSSR count). The van der Waals surface area contributed by atoms with Gasteiger partial charge in [0, 0.05) is 25.7 Å². The van der Waals surface area contributed by atoms with E-state index < -0.39 is 208 Å². The van der Waals surface area contributed by atoms with Crippen LogP contribution in [0.25, 0.3) is 0 Å². The van der Waals surface area contributed by atoms with Gasteiger partial charge in [0.25, 0.3) is 0 Å². The Bertz CT molecular complexity index is 1890. The average molecular weight is 950 g/mol. The Morgan fingerprint density at radius 2 is 0.652 bits per heavy atom. The molecule has 0 aromatic rings. The summed E-state index contributed by atoms with van der Waals surface area (Å²) in [6.07, 6.45) is -9.04. The van der Waals surface area contributed by atoms with Gasteiger partial charge in [0.1, 0.15) is 42.3 Å². The minimum atomic E-state index is -2.19. The van der Waals surface area contributed by atoms with Gasteiger partial charge in [-0.15, -0.1) is 0 Å². The van der Waals surface area contributed by atoms with E-state index in [0.29, 0.717) is 0 Å². The normalized spacial score (nSPS) is 14.3. The summed E-state index contributed by atoms with van der Waals surface area (Å²) in [5.41, 5.74) is 10.8. The number of nitrogens with two attached hydrogens (primary N) is 2. The Labute approximate surface area is 371 Å². The molecule has 368 valence electrons. The zero-order chi connectivity index (χ0) is 51.0. The van der Waals surface area contributed by atoms with Crippen LogP contribution >= 0.6 is 0 Å². The van der Waals surface area contributed by atoms with Crippen molar-refractivity contribution < 1.29 is 108 Å². The maximum Gasteiger partial charge on any atom is 0.326 e. The summed E-state index contributed by atoms with van der Waals surface area (Å²) in [5.74, 6) is -21.8. The number of carbonyl (C=O) groups is 15. The Hall–Kier alpha value is -7.99. The molecule has 0 aliphatic rings. The molecule has 0 saturated carbocycles. The van der Waals surface area contributed by atoms with Gasteiger partial charge in [-0.3, -0.25) is 67.1 Å². The molecule has 8 atom stereocenters. The highest BCUT2D eigenvalue weighted by Gasteiger charge is 2.35. The standard InChI is InChI=1S/C35H51N9O22/c1-13(38-32(62)18(10-25(52)53)43-29(59)14(36)2-7-22(46)47)28(58)42-19(11-26(54)55)33(63)39-15(3-6-21(37)45)31(61)44-20(12-27(56)57)34(64)40-16(4-8-23(48)49)30(60)41-17(35(65)66)5-9-24(50)51/h13-20H,2-12,36H2,1H3,(H2,37,45)(H,38,62)(H,39,63)(H,40,64)(H,41,60)(H,42,58)(H,43,59)(H,44,61)(H,46,47)(H,48,49)(H,50,51)(H,52,53)(H,54,55)(H,56,57)(H,65,66)/t13-,14-,15-,16-,17+,18-,19+,20+/m0/s1. The molecule has 0 aliphatic heterocycles. The molecular weight excluding hydrogens is 898 g/mol. The fourth-order valence-electron chi connectivity index (χ4n) is 5.22. The number of hydrogen-bond acceptors (Lipinski definition) is 16. The maximum absolute atomic E-state index is 13.5. The lowest BCUT2D eigenvalue weighted by Crippen LogP contribution is -2.60. The average Bonchev–Trinajstić information content (AvgIpc) is 3.19. The molecule has 18 N–H and O–H groups in total. The number of primary amides is 1. The van der Waals surface area contributed by atoms with E-state index >= 15 is 0 Å². The topological polar surface area (TPSA) is 534 Å². The molecule has 0 aliphatic carbocycles. The minimum absolute atomic E-state index is 0.410.